The third kappa shape index (κ3) is 2.81. The number of hydrogen-bond donors (Lipinski definition) is 1. The molecule has 0 saturated heterocycles. The van der Waals surface area contributed by atoms with E-state index in [-0.39, 0.29) is 31.6 Å². The van der Waals surface area contributed by atoms with E-state index >= 15 is 0 Å². The second-order valence-corrected chi connectivity index (χ2v) is 8.53. The number of alkyl halides is 3. The molecular formula is C21H19F3N4O. The topological polar surface area (TPSA) is 59.3 Å². The number of imidazole rings is 1. The van der Waals surface area contributed by atoms with Crippen molar-refractivity contribution in [2.75, 3.05) is 5.32 Å². The van der Waals surface area contributed by atoms with Crippen LogP contribution in [-0.2, 0) is 4.79 Å². The lowest BCUT2D eigenvalue weighted by Gasteiger charge is -2.70. The normalized spacial score (nSPS) is 25.4. The van der Waals surface area contributed by atoms with Gasteiger partial charge in [0.1, 0.15) is 0 Å². The molecule has 8 heteroatoms. The van der Waals surface area contributed by atoms with Crippen LogP contribution in [0, 0.1) is 17.8 Å². The summed E-state index contributed by atoms with van der Waals surface area (Å²) in [4.78, 5) is 21.1. The number of nitrogens with zero attached hydrogens (tertiary/aromatic N) is 3. The van der Waals surface area contributed by atoms with Crippen LogP contribution < -0.4 is 5.32 Å². The van der Waals surface area contributed by atoms with Crippen molar-refractivity contribution in [3.8, 4) is 11.3 Å². The molecule has 0 aliphatic heterocycles. The zero-order chi connectivity index (χ0) is 20.4. The van der Waals surface area contributed by atoms with Crippen molar-refractivity contribution in [3.05, 3.63) is 48.5 Å². The highest BCUT2D eigenvalue weighted by Gasteiger charge is 2.78. The van der Waals surface area contributed by atoms with E-state index in [1.807, 2.05) is 35.9 Å². The van der Waals surface area contributed by atoms with Crippen molar-refractivity contribution in [2.24, 2.45) is 10.8 Å². The molecule has 1 N–H and O–H groups in total. The number of halogens is 3. The van der Waals surface area contributed by atoms with Gasteiger partial charge in [-0.1, -0.05) is 6.07 Å². The first kappa shape index (κ1) is 18.1. The number of amides is 1. The summed E-state index contributed by atoms with van der Waals surface area (Å²) in [5.74, 6) is -0.242. The van der Waals surface area contributed by atoms with E-state index in [2.05, 4.69) is 15.3 Å². The summed E-state index contributed by atoms with van der Waals surface area (Å²) in [6.45, 7) is 1.96. The number of nitrogens with one attached hydrogen (secondary N) is 1. The minimum atomic E-state index is -4.15. The number of carbonyl (C=O) groups is 1. The number of aryl methyl sites for hydroxylation is 1. The summed E-state index contributed by atoms with van der Waals surface area (Å²) in [5.41, 5.74) is 1.98. The summed E-state index contributed by atoms with van der Waals surface area (Å²) < 4.78 is 40.8. The predicted octanol–water partition coefficient (Wildman–Crippen LogP) is 4.77. The van der Waals surface area contributed by atoms with Crippen molar-refractivity contribution in [2.45, 2.75) is 38.8 Å². The van der Waals surface area contributed by atoms with E-state index in [1.165, 1.54) is 0 Å². The molecule has 3 aliphatic carbocycles. The van der Waals surface area contributed by atoms with E-state index in [9.17, 15) is 18.0 Å². The maximum absolute atomic E-state index is 13.0. The zero-order valence-corrected chi connectivity index (χ0v) is 15.8. The van der Waals surface area contributed by atoms with Gasteiger partial charge in [-0.25, -0.2) is 4.98 Å². The van der Waals surface area contributed by atoms with Gasteiger partial charge in [0.2, 0.25) is 5.91 Å². The van der Waals surface area contributed by atoms with Crippen LogP contribution in [0.4, 0.5) is 18.9 Å². The van der Waals surface area contributed by atoms with Crippen LogP contribution >= 0.6 is 0 Å². The van der Waals surface area contributed by atoms with Crippen LogP contribution in [0.3, 0.4) is 0 Å². The Kier molecular flexibility index (Phi) is 3.63. The molecule has 1 aromatic carbocycles. The first-order chi connectivity index (χ1) is 13.7. The Morgan fingerprint density at radius 3 is 2.72 bits per heavy atom. The SMILES string of the molecule is Cc1ccc(NC(=O)CC23CC(C(F)(F)F)(C2)C3)cc1-c1cn2ccnc2cn1. The van der Waals surface area contributed by atoms with Crippen molar-refractivity contribution < 1.29 is 18.0 Å². The van der Waals surface area contributed by atoms with Gasteiger partial charge in [-0.15, -0.1) is 0 Å². The number of fused-ring (bicyclic) bond motifs is 1. The Hall–Kier alpha value is -2.90. The largest absolute Gasteiger partial charge is 0.394 e. The van der Waals surface area contributed by atoms with E-state index in [4.69, 9.17) is 0 Å². The fourth-order valence-electron chi connectivity index (χ4n) is 4.97. The maximum atomic E-state index is 13.0. The van der Waals surface area contributed by atoms with Gasteiger partial charge >= 0.3 is 6.18 Å². The highest BCUT2D eigenvalue weighted by molar-refractivity contribution is 5.92. The predicted molar refractivity (Wildman–Crippen MR) is 101 cm³/mol. The average molecular weight is 400 g/mol. The molecule has 5 nitrogen and oxygen atoms in total. The molecule has 29 heavy (non-hydrogen) atoms. The van der Waals surface area contributed by atoms with Gasteiger partial charge in [0.25, 0.3) is 0 Å². The molecule has 3 aromatic rings. The first-order valence-corrected chi connectivity index (χ1v) is 9.45. The number of carbonyl (C=O) groups excluding carboxylic acids is 1. The van der Waals surface area contributed by atoms with Crippen LogP contribution in [0.25, 0.3) is 16.9 Å². The van der Waals surface area contributed by atoms with Gasteiger partial charge in [0.05, 0.1) is 17.3 Å². The monoisotopic (exact) mass is 400 g/mol. The summed E-state index contributed by atoms with van der Waals surface area (Å²) >= 11 is 0. The standard InChI is InChI=1S/C21H19F3N4O/c1-13-2-3-14(6-15(13)16-9-28-5-4-25-17(28)8-26-16)27-18(29)7-19-10-20(11-19,12-19)21(22,23)24/h2-6,8-9H,7,10-12H2,1H3,(H,27,29). The van der Waals surface area contributed by atoms with E-state index in [1.54, 1.807) is 18.5 Å². The Labute approximate surface area is 165 Å². The second kappa shape index (κ2) is 5.81. The first-order valence-electron chi connectivity index (χ1n) is 9.45. The Morgan fingerprint density at radius 2 is 2.00 bits per heavy atom. The number of anilines is 1. The van der Waals surface area contributed by atoms with Gasteiger partial charge < -0.3 is 9.72 Å². The maximum Gasteiger partial charge on any atom is 0.394 e. The third-order valence-corrected chi connectivity index (χ3v) is 6.35. The summed E-state index contributed by atoms with van der Waals surface area (Å²) in [7, 11) is 0. The molecule has 0 radical (unpaired) electrons. The molecular weight excluding hydrogens is 381 g/mol. The lowest BCUT2D eigenvalue weighted by molar-refractivity contribution is -0.362. The van der Waals surface area contributed by atoms with Gasteiger partial charge in [-0.2, -0.15) is 13.2 Å². The quantitative estimate of drug-likeness (QED) is 0.687. The van der Waals surface area contributed by atoms with Gasteiger partial charge in [0, 0.05) is 36.3 Å². The fourth-order valence-corrected chi connectivity index (χ4v) is 4.97. The smallest absolute Gasteiger partial charge is 0.326 e. The van der Waals surface area contributed by atoms with E-state index < -0.39 is 17.0 Å². The van der Waals surface area contributed by atoms with Gasteiger partial charge in [-0.05, 0) is 49.3 Å². The van der Waals surface area contributed by atoms with Crippen molar-refractivity contribution in [3.63, 3.8) is 0 Å². The van der Waals surface area contributed by atoms with Crippen LogP contribution in [0.2, 0.25) is 0 Å². The molecule has 1 amide bonds. The molecule has 3 saturated carbocycles. The summed E-state index contributed by atoms with van der Waals surface area (Å²) in [6.07, 6.45) is 3.28. The fraction of sp³-hybridized carbons (Fsp3) is 0.381. The van der Waals surface area contributed by atoms with Gasteiger partial charge in [-0.3, -0.25) is 9.78 Å². The molecule has 0 spiro atoms. The van der Waals surface area contributed by atoms with Crippen LogP contribution in [0.15, 0.2) is 43.0 Å². The second-order valence-electron chi connectivity index (χ2n) is 8.53. The molecule has 150 valence electrons. The average Bonchev–Trinajstić information content (AvgIpc) is 3.05. The molecule has 2 bridgehead atoms. The van der Waals surface area contributed by atoms with Gasteiger partial charge in [0.15, 0.2) is 5.65 Å². The van der Waals surface area contributed by atoms with Crippen molar-refractivity contribution in [1.82, 2.24) is 14.4 Å². The minimum absolute atomic E-state index is 0.0743. The van der Waals surface area contributed by atoms with Crippen molar-refractivity contribution >= 4 is 17.2 Å². The van der Waals surface area contributed by atoms with Crippen LogP contribution in [0.1, 0.15) is 31.2 Å². The van der Waals surface area contributed by atoms with E-state index in [0.717, 1.165) is 22.5 Å². The number of hydrogen-bond acceptors (Lipinski definition) is 3. The summed E-state index contributed by atoms with van der Waals surface area (Å²) in [6, 6.07) is 5.54. The molecule has 6 rings (SSSR count). The van der Waals surface area contributed by atoms with Crippen LogP contribution in [-0.4, -0.2) is 26.5 Å². The highest BCUT2D eigenvalue weighted by atomic mass is 19.4. The van der Waals surface area contributed by atoms with Crippen molar-refractivity contribution in [1.29, 1.82) is 0 Å². The lowest BCUT2D eigenvalue weighted by atomic mass is 9.34. The Morgan fingerprint density at radius 1 is 1.24 bits per heavy atom. The van der Waals surface area contributed by atoms with E-state index in [0.29, 0.717) is 5.69 Å². The zero-order valence-electron chi connectivity index (χ0n) is 15.8. The van der Waals surface area contributed by atoms with Crippen LogP contribution in [0.5, 0.6) is 0 Å². The Balaban J connectivity index is 1.30. The molecule has 3 aliphatic rings. The number of rotatable bonds is 4. The number of benzene rings is 1. The molecule has 2 aromatic heterocycles. The molecule has 0 atom stereocenters. The molecule has 0 unspecified atom stereocenters. The minimum Gasteiger partial charge on any atom is -0.326 e. The highest BCUT2D eigenvalue weighted by Crippen LogP contribution is 2.79. The molecule has 3 fully saturated rings. The lowest BCUT2D eigenvalue weighted by Crippen LogP contribution is -2.68. The Bertz CT molecular complexity index is 1110. The number of aromatic nitrogens is 3. The third-order valence-electron chi connectivity index (χ3n) is 6.35. The summed E-state index contributed by atoms with van der Waals surface area (Å²) in [5, 5.41) is 2.84. The molecule has 2 heterocycles.